The highest BCUT2D eigenvalue weighted by atomic mass is 32.2. The molecule has 0 saturated heterocycles. The molecule has 0 unspecified atom stereocenters. The first kappa shape index (κ1) is 67.8. The standard InChI is InChI=1S/C57H59N19O9S5/c1-9-75(10-2)45-29-41(43(31-47(45)84-7)71-73-56-66-51(49(87-56)27-37(33-58)60-5)62-23-21-35-13-17-39(18-14-35)89(78,79)80)64-53-68-54(70-55(69-53)86-26-25-77)65-42-30-46(76(11-3)12-4)48(85-8)32-44(42)72-74-57-67-52(50(88-57)28-38(34-59)61-6)63-24-22-36-15-19-40(20-16-36)90(81,82)83/h13-20,27-32,62-63,77H,9-12,21-26H2,1-4,7-8H3,(H,78,79,80)(H,81,82,83)(H2,64,65,68,69,70)/b37-27-,38-28+,73-71?,74-72?. The van der Waals surface area contributed by atoms with Gasteiger partial charge in [0.25, 0.3) is 31.6 Å². The Kier molecular flexibility index (Phi) is 24.1. The number of thioether (sulfide) groups is 1. The molecule has 33 heteroatoms. The number of methoxy groups -OCH3 is 2. The highest BCUT2D eigenvalue weighted by Crippen LogP contribution is 2.44. The van der Waals surface area contributed by atoms with Crippen molar-refractivity contribution in [2.75, 3.05) is 96.9 Å². The number of benzene rings is 4. The smallest absolute Gasteiger partial charge is 0.294 e. The van der Waals surface area contributed by atoms with Crippen LogP contribution in [0.3, 0.4) is 0 Å². The van der Waals surface area contributed by atoms with Crippen LogP contribution in [0.15, 0.2) is 120 Å². The molecule has 3 heterocycles. The SMILES string of the molecule is [C-]#[N+]/C(C#N)=C\c1sc(N=Nc2cc(OC)c(N(CC)CC)cc2Nc2nc(Nc3cc(N(CC)CC)c(OC)cc3N=Nc3nc(NCCc4ccc(S(=O)(=O)O)cc4)c(/C=C(\C#N)[N+]#[C-])s3)nc(SCCO)n2)nc1NCCc1ccc(S(=O)(=O)O)cc1. The number of aliphatic hydroxyl groups is 1. The molecule has 0 bridgehead atoms. The van der Waals surface area contributed by atoms with Crippen molar-refractivity contribution in [3.8, 4) is 23.6 Å². The Bertz CT molecular complexity index is 3940. The number of anilines is 8. The van der Waals surface area contributed by atoms with Crippen LogP contribution < -0.4 is 40.5 Å². The average molecular weight is 1310 g/mol. The van der Waals surface area contributed by atoms with Crippen LogP contribution in [0.25, 0.3) is 21.8 Å². The Labute approximate surface area is 532 Å². The molecule has 0 atom stereocenters. The van der Waals surface area contributed by atoms with Crippen LogP contribution in [0.2, 0.25) is 0 Å². The summed E-state index contributed by atoms with van der Waals surface area (Å²) in [6, 6.07) is 22.2. The first-order valence-corrected chi connectivity index (χ1v) is 32.7. The van der Waals surface area contributed by atoms with Gasteiger partial charge in [0, 0.05) is 57.2 Å². The van der Waals surface area contributed by atoms with E-state index in [4.69, 9.17) is 37.6 Å². The van der Waals surface area contributed by atoms with E-state index in [2.05, 4.69) is 71.2 Å². The third kappa shape index (κ3) is 18.2. The highest BCUT2D eigenvalue weighted by molar-refractivity contribution is 7.99. The lowest BCUT2D eigenvalue weighted by Gasteiger charge is -2.25. The van der Waals surface area contributed by atoms with Crippen LogP contribution in [0.4, 0.5) is 67.9 Å². The summed E-state index contributed by atoms with van der Waals surface area (Å²) >= 11 is 3.28. The zero-order chi connectivity index (χ0) is 65.0. The molecule has 0 aliphatic heterocycles. The molecule has 3 aromatic heterocycles. The second-order valence-corrected chi connectivity index (χ2v) is 24.4. The van der Waals surface area contributed by atoms with E-state index in [0.717, 1.165) is 45.6 Å². The van der Waals surface area contributed by atoms with E-state index in [9.17, 15) is 41.6 Å². The molecule has 28 nitrogen and oxygen atoms in total. The van der Waals surface area contributed by atoms with Gasteiger partial charge in [-0.2, -0.15) is 41.8 Å². The Morgan fingerprint density at radius 2 is 1.04 bits per heavy atom. The molecule has 0 aliphatic carbocycles. The molecule has 7 aromatic rings. The fourth-order valence-electron chi connectivity index (χ4n) is 8.44. The van der Waals surface area contributed by atoms with Crippen LogP contribution in [-0.4, -0.2) is 122 Å². The number of thiazole rings is 2. The number of nitrogens with zero attached hydrogens (tertiary/aromatic N) is 15. The van der Waals surface area contributed by atoms with Crippen molar-refractivity contribution in [3.63, 3.8) is 0 Å². The summed E-state index contributed by atoms with van der Waals surface area (Å²) < 4.78 is 77.0. The normalized spacial score (nSPS) is 11.8. The highest BCUT2D eigenvalue weighted by Gasteiger charge is 2.22. The van der Waals surface area contributed by atoms with E-state index in [1.807, 2.05) is 52.0 Å². The summed E-state index contributed by atoms with van der Waals surface area (Å²) in [7, 11) is -5.69. The maximum atomic E-state index is 11.6. The van der Waals surface area contributed by atoms with Crippen molar-refractivity contribution in [1.82, 2.24) is 24.9 Å². The molecular weight excluding hydrogens is 1260 g/mol. The molecule has 0 radical (unpaired) electrons. The molecule has 4 aromatic carbocycles. The predicted molar refractivity (Wildman–Crippen MR) is 347 cm³/mol. The fourth-order valence-corrected chi connectivity index (χ4v) is 11.6. The fraction of sp³-hybridized carbons (Fsp3) is 0.281. The Balaban J connectivity index is 1.26. The number of rotatable bonds is 31. The minimum Gasteiger partial charge on any atom is -0.494 e. The van der Waals surface area contributed by atoms with E-state index < -0.39 is 20.2 Å². The Hall–Kier alpha value is -9.68. The third-order valence-corrected chi connectivity index (χ3v) is 17.2. The van der Waals surface area contributed by atoms with Crippen LogP contribution in [0, 0.1) is 35.8 Å². The summed E-state index contributed by atoms with van der Waals surface area (Å²) in [5.74, 6) is 1.83. The van der Waals surface area contributed by atoms with Crippen LogP contribution in [0.5, 0.6) is 11.5 Å². The summed E-state index contributed by atoms with van der Waals surface area (Å²) in [5, 5.41) is 61.2. The lowest BCUT2D eigenvalue weighted by Crippen LogP contribution is -2.22. The summed E-state index contributed by atoms with van der Waals surface area (Å²) in [6.45, 7) is 25.8. The van der Waals surface area contributed by atoms with Gasteiger partial charge in [0.2, 0.25) is 22.2 Å². The van der Waals surface area contributed by atoms with Gasteiger partial charge in [0.15, 0.2) is 5.16 Å². The molecule has 0 saturated carbocycles. The number of aromatic nitrogens is 5. The van der Waals surface area contributed by atoms with Gasteiger partial charge in [-0.3, -0.25) is 9.11 Å². The topological polar surface area (TPSA) is 372 Å². The van der Waals surface area contributed by atoms with E-state index in [1.54, 1.807) is 36.4 Å². The number of ether oxygens (including phenoxy) is 2. The maximum absolute atomic E-state index is 11.6. The second kappa shape index (κ2) is 32.0. The lowest BCUT2D eigenvalue weighted by molar-refractivity contribution is 0.322. The van der Waals surface area contributed by atoms with Gasteiger partial charge in [-0.15, -0.1) is 20.5 Å². The molecule has 90 heavy (non-hydrogen) atoms. The van der Waals surface area contributed by atoms with Gasteiger partial charge < -0.3 is 45.6 Å². The van der Waals surface area contributed by atoms with Crippen molar-refractivity contribution in [3.05, 3.63) is 128 Å². The summed E-state index contributed by atoms with van der Waals surface area (Å²) in [6.07, 6.45) is 3.57. The zero-order valence-electron chi connectivity index (χ0n) is 49.2. The van der Waals surface area contributed by atoms with Crippen LogP contribution in [0.1, 0.15) is 48.6 Å². The number of nitrogens with one attached hydrogen (secondary N) is 4. The number of hydrogen-bond donors (Lipinski definition) is 7. The van der Waals surface area contributed by atoms with E-state index in [0.29, 0.717) is 108 Å². The maximum Gasteiger partial charge on any atom is 0.294 e. The quantitative estimate of drug-likeness (QED) is 0.00697. The van der Waals surface area contributed by atoms with Gasteiger partial charge in [0.05, 0.1) is 88.4 Å². The van der Waals surface area contributed by atoms with Crippen molar-refractivity contribution < 1.29 is 40.5 Å². The first-order chi connectivity index (χ1) is 43.3. The molecule has 7 N–H and O–H groups in total. The summed E-state index contributed by atoms with van der Waals surface area (Å²) in [5.41, 5.74) is 3.73. The van der Waals surface area contributed by atoms with Gasteiger partial charge in [-0.05, 0) is 100 Å². The lowest BCUT2D eigenvalue weighted by atomic mass is 10.1. The van der Waals surface area contributed by atoms with E-state index >= 15 is 0 Å². The predicted octanol–water partition coefficient (Wildman–Crippen LogP) is 12.3. The number of azo groups is 2. The number of hydrogen-bond acceptors (Lipinski definition) is 27. The number of nitriles is 2. The van der Waals surface area contributed by atoms with Crippen LogP contribution >= 0.6 is 34.4 Å². The van der Waals surface area contributed by atoms with E-state index in [1.165, 1.54) is 50.6 Å². The minimum absolute atomic E-state index is 0.0411. The molecule has 7 rings (SSSR count). The average Bonchev–Trinajstić information content (AvgIpc) is 1.09. The zero-order valence-corrected chi connectivity index (χ0v) is 53.3. The first-order valence-electron chi connectivity index (χ1n) is 27.2. The van der Waals surface area contributed by atoms with Crippen molar-refractivity contribution >= 4 is 135 Å². The van der Waals surface area contributed by atoms with E-state index in [-0.39, 0.29) is 72.2 Å². The molecule has 466 valence electrons. The minimum atomic E-state index is -4.37. The number of allylic oxidation sites excluding steroid dienone is 2. The third-order valence-electron chi connectivity index (χ3n) is 12.9. The molecule has 0 spiro atoms. The second-order valence-electron chi connectivity index (χ2n) is 18.4. The molecule has 0 fully saturated rings. The van der Waals surface area contributed by atoms with Crippen molar-refractivity contribution in [2.45, 2.75) is 55.5 Å². The van der Waals surface area contributed by atoms with Gasteiger partial charge in [-0.25, -0.2) is 20.2 Å². The monoisotopic (exact) mass is 1310 g/mol. The molecule has 0 amide bonds. The van der Waals surface area contributed by atoms with Gasteiger partial charge in [-0.1, -0.05) is 58.7 Å². The van der Waals surface area contributed by atoms with Gasteiger partial charge >= 0.3 is 0 Å². The largest absolute Gasteiger partial charge is 0.494 e. The van der Waals surface area contributed by atoms with Crippen molar-refractivity contribution in [1.29, 1.82) is 10.5 Å². The van der Waals surface area contributed by atoms with Crippen LogP contribution in [-0.2, 0) is 33.1 Å². The Morgan fingerprint density at radius 1 is 0.644 bits per heavy atom. The Morgan fingerprint density at radius 3 is 1.38 bits per heavy atom. The van der Waals surface area contributed by atoms with Gasteiger partial charge in [0.1, 0.15) is 34.5 Å². The number of aliphatic hydroxyl groups excluding tert-OH is 1. The molecule has 0 aliphatic rings. The molecular formula is C57H59N19O9S5. The van der Waals surface area contributed by atoms with Crippen molar-refractivity contribution in [2.24, 2.45) is 20.5 Å². The summed E-state index contributed by atoms with van der Waals surface area (Å²) in [4.78, 5) is 34.7.